The molecule has 1 saturated carbocycles. The van der Waals surface area contributed by atoms with Gasteiger partial charge in [-0.3, -0.25) is 4.99 Å². The van der Waals surface area contributed by atoms with Gasteiger partial charge in [0.25, 0.3) is 0 Å². The second-order valence-electron chi connectivity index (χ2n) is 4.89. The lowest BCUT2D eigenvalue weighted by Crippen LogP contribution is -2.47. The molecule has 4 heteroatoms. The number of benzene rings is 1. The fraction of sp³-hybridized carbons (Fsp3) is 0.500. The van der Waals surface area contributed by atoms with E-state index in [9.17, 15) is 10.2 Å². The molecule has 2 atom stereocenters. The van der Waals surface area contributed by atoms with Crippen LogP contribution >= 0.6 is 11.6 Å². The minimum Gasteiger partial charge on any atom is -0.390 e. The maximum atomic E-state index is 10.3. The van der Waals surface area contributed by atoms with Crippen LogP contribution in [0, 0.1) is 0 Å². The molecule has 1 aliphatic carbocycles. The van der Waals surface area contributed by atoms with Crippen LogP contribution in [-0.2, 0) is 0 Å². The van der Waals surface area contributed by atoms with Crippen molar-refractivity contribution in [2.45, 2.75) is 37.4 Å². The summed E-state index contributed by atoms with van der Waals surface area (Å²) < 4.78 is 0. The zero-order valence-corrected chi connectivity index (χ0v) is 11.0. The Bertz CT molecular complexity index is 436. The fourth-order valence-electron chi connectivity index (χ4n) is 2.28. The third kappa shape index (κ3) is 3.31. The summed E-state index contributed by atoms with van der Waals surface area (Å²) in [5, 5.41) is 20.8. The minimum absolute atomic E-state index is 0.237. The summed E-state index contributed by atoms with van der Waals surface area (Å²) in [6.07, 6.45) is 4.21. The van der Waals surface area contributed by atoms with Crippen molar-refractivity contribution in [1.29, 1.82) is 0 Å². The van der Waals surface area contributed by atoms with Crippen molar-refractivity contribution >= 4 is 17.8 Å². The van der Waals surface area contributed by atoms with Crippen LogP contribution in [0.15, 0.2) is 29.3 Å². The van der Waals surface area contributed by atoms with E-state index < -0.39 is 11.7 Å². The van der Waals surface area contributed by atoms with Gasteiger partial charge < -0.3 is 10.2 Å². The Morgan fingerprint density at radius 2 is 2.28 bits per heavy atom. The molecule has 3 nitrogen and oxygen atoms in total. The maximum Gasteiger partial charge on any atom is 0.110 e. The first kappa shape index (κ1) is 13.5. The molecule has 98 valence electrons. The number of aliphatic hydroxyl groups is 2. The molecular weight excluding hydrogens is 250 g/mol. The molecule has 18 heavy (non-hydrogen) atoms. The predicted octanol–water partition coefficient (Wildman–Crippen LogP) is 2.42. The summed E-state index contributed by atoms with van der Waals surface area (Å²) in [6.45, 7) is 0.237. The van der Waals surface area contributed by atoms with Gasteiger partial charge in [0.2, 0.25) is 0 Å². The summed E-state index contributed by atoms with van der Waals surface area (Å²) in [7, 11) is 0. The van der Waals surface area contributed by atoms with E-state index >= 15 is 0 Å². The Morgan fingerprint density at radius 1 is 1.44 bits per heavy atom. The lowest BCUT2D eigenvalue weighted by Gasteiger charge is -2.35. The van der Waals surface area contributed by atoms with Crippen LogP contribution in [0.5, 0.6) is 0 Å². The molecule has 0 bridgehead atoms. The van der Waals surface area contributed by atoms with Crippen molar-refractivity contribution in [3.63, 3.8) is 0 Å². The van der Waals surface area contributed by atoms with Crippen molar-refractivity contribution in [2.75, 3.05) is 6.54 Å². The fourth-order valence-corrected chi connectivity index (χ4v) is 2.48. The molecule has 0 aliphatic heterocycles. The number of aliphatic hydroxyl groups excluding tert-OH is 1. The van der Waals surface area contributed by atoms with Crippen LogP contribution in [0.3, 0.4) is 0 Å². The van der Waals surface area contributed by atoms with Crippen LogP contribution in [0.4, 0.5) is 0 Å². The quantitative estimate of drug-likeness (QED) is 0.827. The van der Waals surface area contributed by atoms with E-state index in [4.69, 9.17) is 11.6 Å². The molecule has 1 fully saturated rings. The van der Waals surface area contributed by atoms with Crippen molar-refractivity contribution in [3.8, 4) is 0 Å². The van der Waals surface area contributed by atoms with E-state index in [0.29, 0.717) is 17.9 Å². The molecule has 0 heterocycles. The Balaban J connectivity index is 1.98. The Kier molecular flexibility index (Phi) is 4.38. The highest BCUT2D eigenvalue weighted by molar-refractivity contribution is 6.30. The second kappa shape index (κ2) is 5.83. The molecule has 1 aromatic carbocycles. The minimum atomic E-state index is -1.06. The van der Waals surface area contributed by atoms with Gasteiger partial charge in [-0.25, -0.2) is 0 Å². The number of rotatable bonds is 3. The summed E-state index contributed by atoms with van der Waals surface area (Å²) in [4.78, 5) is 4.23. The molecular formula is C14H18ClNO2. The molecule has 0 amide bonds. The molecule has 2 rings (SSSR count). The molecule has 0 spiro atoms. The SMILES string of the molecule is O[C@@H]1CCCC[C@]1(O)CN=Cc1cccc(Cl)c1. The van der Waals surface area contributed by atoms with Crippen molar-refractivity contribution in [3.05, 3.63) is 34.9 Å². The summed E-state index contributed by atoms with van der Waals surface area (Å²) in [5.74, 6) is 0. The van der Waals surface area contributed by atoms with Crippen molar-refractivity contribution in [1.82, 2.24) is 0 Å². The van der Waals surface area contributed by atoms with Crippen LogP contribution in [0.1, 0.15) is 31.2 Å². The van der Waals surface area contributed by atoms with Gasteiger partial charge in [-0.2, -0.15) is 0 Å². The van der Waals surface area contributed by atoms with Gasteiger partial charge in [0.1, 0.15) is 5.60 Å². The molecule has 0 radical (unpaired) electrons. The van der Waals surface area contributed by atoms with E-state index in [2.05, 4.69) is 4.99 Å². The van der Waals surface area contributed by atoms with Gasteiger partial charge in [-0.15, -0.1) is 0 Å². The molecule has 2 N–H and O–H groups in total. The van der Waals surface area contributed by atoms with Gasteiger partial charge in [0, 0.05) is 11.2 Å². The van der Waals surface area contributed by atoms with Crippen LogP contribution in [0.2, 0.25) is 5.02 Å². The monoisotopic (exact) mass is 267 g/mol. The van der Waals surface area contributed by atoms with Crippen molar-refractivity contribution < 1.29 is 10.2 Å². The standard InChI is InChI=1S/C14H18ClNO2/c15-12-5-3-4-11(8-12)9-16-10-14(18)7-2-1-6-13(14)17/h3-5,8-9,13,17-18H,1-2,6-7,10H2/t13-,14+/m1/s1. The zero-order valence-electron chi connectivity index (χ0n) is 10.2. The van der Waals surface area contributed by atoms with E-state index in [0.717, 1.165) is 18.4 Å². The largest absolute Gasteiger partial charge is 0.390 e. The number of aliphatic imine (C=N–C) groups is 1. The van der Waals surface area contributed by atoms with Gasteiger partial charge in [-0.1, -0.05) is 36.6 Å². The number of nitrogens with zero attached hydrogens (tertiary/aromatic N) is 1. The zero-order chi connectivity index (χ0) is 13.0. The van der Waals surface area contributed by atoms with Crippen LogP contribution in [0.25, 0.3) is 0 Å². The van der Waals surface area contributed by atoms with Crippen LogP contribution in [-0.4, -0.2) is 34.7 Å². The molecule has 0 unspecified atom stereocenters. The van der Waals surface area contributed by atoms with E-state index in [1.165, 1.54) is 0 Å². The molecule has 1 aromatic rings. The lowest BCUT2D eigenvalue weighted by molar-refractivity contribution is -0.0921. The first-order valence-corrected chi connectivity index (χ1v) is 6.64. The Hall–Kier alpha value is -0.900. The highest BCUT2D eigenvalue weighted by Gasteiger charge is 2.37. The Labute approximate surface area is 112 Å². The second-order valence-corrected chi connectivity index (χ2v) is 5.33. The predicted molar refractivity (Wildman–Crippen MR) is 73.3 cm³/mol. The topological polar surface area (TPSA) is 52.8 Å². The van der Waals surface area contributed by atoms with E-state index in [1.807, 2.05) is 18.2 Å². The normalized spacial score (nSPS) is 28.7. The molecule has 1 aliphatic rings. The third-order valence-electron chi connectivity index (χ3n) is 3.41. The van der Waals surface area contributed by atoms with Gasteiger partial charge in [-0.05, 0) is 30.5 Å². The van der Waals surface area contributed by atoms with Gasteiger partial charge >= 0.3 is 0 Å². The number of halogens is 1. The van der Waals surface area contributed by atoms with E-state index in [1.54, 1.807) is 12.3 Å². The summed E-state index contributed by atoms with van der Waals surface area (Å²) in [5.41, 5.74) is -0.163. The average molecular weight is 268 g/mol. The van der Waals surface area contributed by atoms with Gasteiger partial charge in [0.05, 0.1) is 12.6 Å². The number of hydrogen-bond donors (Lipinski definition) is 2. The third-order valence-corrected chi connectivity index (χ3v) is 3.65. The summed E-state index contributed by atoms with van der Waals surface area (Å²) in [6, 6.07) is 7.37. The number of hydrogen-bond acceptors (Lipinski definition) is 3. The van der Waals surface area contributed by atoms with Crippen LogP contribution < -0.4 is 0 Å². The smallest absolute Gasteiger partial charge is 0.110 e. The molecule has 0 saturated heterocycles. The first-order chi connectivity index (χ1) is 8.60. The van der Waals surface area contributed by atoms with Gasteiger partial charge in [0.15, 0.2) is 0 Å². The average Bonchev–Trinajstić information content (AvgIpc) is 2.33. The highest BCUT2D eigenvalue weighted by atomic mass is 35.5. The highest BCUT2D eigenvalue weighted by Crippen LogP contribution is 2.28. The first-order valence-electron chi connectivity index (χ1n) is 6.26. The van der Waals surface area contributed by atoms with E-state index in [-0.39, 0.29) is 6.54 Å². The Morgan fingerprint density at radius 3 is 3.00 bits per heavy atom. The van der Waals surface area contributed by atoms with Crippen molar-refractivity contribution in [2.24, 2.45) is 4.99 Å². The maximum absolute atomic E-state index is 10.3. The lowest BCUT2D eigenvalue weighted by atomic mass is 9.82. The summed E-state index contributed by atoms with van der Waals surface area (Å²) >= 11 is 5.87. The molecule has 0 aromatic heterocycles.